The van der Waals surface area contributed by atoms with Gasteiger partial charge < -0.3 is 10.4 Å². The molecule has 0 fully saturated rings. The van der Waals surface area contributed by atoms with Gasteiger partial charge in [-0.25, -0.2) is 4.79 Å². The number of thioether (sulfide) groups is 1. The van der Waals surface area contributed by atoms with E-state index in [1.54, 1.807) is 23.1 Å². The van der Waals surface area contributed by atoms with Crippen LogP contribution in [-0.2, 0) is 15.3 Å². The molecular formula is C10H12BrNO3S2. The fourth-order valence-corrected chi connectivity index (χ4v) is 4.03. The maximum Gasteiger partial charge on any atom is 0.326 e. The van der Waals surface area contributed by atoms with Crippen LogP contribution in [0.3, 0.4) is 0 Å². The molecule has 1 unspecified atom stereocenters. The van der Waals surface area contributed by atoms with Gasteiger partial charge in [-0.15, -0.1) is 11.3 Å². The summed E-state index contributed by atoms with van der Waals surface area (Å²) < 4.78 is 1.09. The van der Waals surface area contributed by atoms with Crippen molar-refractivity contribution in [2.45, 2.75) is 18.2 Å². The lowest BCUT2D eigenvalue weighted by molar-refractivity contribution is -0.140. The first-order valence-corrected chi connectivity index (χ1v) is 7.70. The highest BCUT2D eigenvalue weighted by molar-refractivity contribution is 9.10. The Kier molecular flexibility index (Phi) is 6.61. The van der Waals surface area contributed by atoms with Gasteiger partial charge in [0, 0.05) is 15.1 Å². The van der Waals surface area contributed by atoms with Crippen LogP contribution < -0.4 is 5.32 Å². The summed E-state index contributed by atoms with van der Waals surface area (Å²) in [5.74, 6) is 0.559. The minimum atomic E-state index is -0.991. The lowest BCUT2D eigenvalue weighted by Crippen LogP contribution is -2.36. The summed E-state index contributed by atoms with van der Waals surface area (Å²) in [5.41, 5.74) is 0. The van der Waals surface area contributed by atoms with Gasteiger partial charge in [-0.05, 0) is 39.6 Å². The Bertz CT molecular complexity index is 383. The number of hydrogen-bond acceptors (Lipinski definition) is 4. The van der Waals surface area contributed by atoms with Crippen LogP contribution in [0.2, 0.25) is 0 Å². The number of nitrogens with one attached hydrogen (secondary N) is 1. The minimum absolute atomic E-state index is 0.430. The predicted octanol–water partition coefficient (Wildman–Crippen LogP) is 2.33. The summed E-state index contributed by atoms with van der Waals surface area (Å²) in [5, 5.41) is 13.1. The number of hydrogen-bond donors (Lipinski definition) is 2. The van der Waals surface area contributed by atoms with Gasteiger partial charge in [-0.3, -0.25) is 4.79 Å². The van der Waals surface area contributed by atoms with Gasteiger partial charge in [0.15, 0.2) is 0 Å². The van der Waals surface area contributed by atoms with E-state index >= 15 is 0 Å². The van der Waals surface area contributed by atoms with Crippen molar-refractivity contribution in [3.63, 3.8) is 0 Å². The quantitative estimate of drug-likeness (QED) is 0.564. The van der Waals surface area contributed by atoms with Gasteiger partial charge in [0.25, 0.3) is 0 Å². The molecule has 0 bridgehead atoms. The predicted molar refractivity (Wildman–Crippen MR) is 73.4 cm³/mol. The summed E-state index contributed by atoms with van der Waals surface area (Å²) in [6.07, 6.45) is 0.862. The van der Waals surface area contributed by atoms with E-state index in [0.717, 1.165) is 10.2 Å². The normalized spacial score (nSPS) is 12.1. The van der Waals surface area contributed by atoms with E-state index in [4.69, 9.17) is 5.11 Å². The fourth-order valence-electron chi connectivity index (χ4n) is 1.15. The Hall–Kier alpha value is -0.530. The molecular weight excluding hydrogens is 326 g/mol. The van der Waals surface area contributed by atoms with Crippen LogP contribution in [0.5, 0.6) is 0 Å². The van der Waals surface area contributed by atoms with Crippen molar-refractivity contribution in [2.24, 2.45) is 0 Å². The van der Waals surface area contributed by atoms with Crippen LogP contribution in [-0.4, -0.2) is 29.3 Å². The van der Waals surface area contributed by atoms with Crippen molar-refractivity contribution >= 4 is 51.4 Å². The third-order valence-corrected chi connectivity index (χ3v) is 5.17. The van der Waals surface area contributed by atoms with Crippen molar-refractivity contribution in [1.82, 2.24) is 5.32 Å². The lowest BCUT2D eigenvalue weighted by Gasteiger charge is -2.10. The molecule has 0 aliphatic carbocycles. The summed E-state index contributed by atoms with van der Waals surface area (Å²) in [6.45, 7) is 0. The number of aliphatic carboxylic acids is 1. The largest absolute Gasteiger partial charge is 0.480 e. The van der Waals surface area contributed by atoms with Crippen molar-refractivity contribution in [2.75, 3.05) is 5.75 Å². The fraction of sp³-hybridized carbons (Fsp3) is 0.400. The first kappa shape index (κ1) is 14.5. The van der Waals surface area contributed by atoms with Gasteiger partial charge in [0.2, 0.25) is 6.41 Å². The summed E-state index contributed by atoms with van der Waals surface area (Å²) in [4.78, 5) is 22.2. The third kappa shape index (κ3) is 5.10. The number of halogens is 1. The highest BCUT2D eigenvalue weighted by atomic mass is 79.9. The molecule has 2 N–H and O–H groups in total. The molecule has 7 heteroatoms. The molecule has 1 rings (SSSR count). The average molecular weight is 338 g/mol. The van der Waals surface area contributed by atoms with Crippen LogP contribution in [0, 0.1) is 0 Å². The maximum absolute atomic E-state index is 10.7. The average Bonchev–Trinajstić information content (AvgIpc) is 2.68. The highest BCUT2D eigenvalue weighted by Crippen LogP contribution is 2.27. The van der Waals surface area contributed by atoms with Gasteiger partial charge >= 0.3 is 5.97 Å². The number of carbonyl (C=O) groups excluding carboxylic acids is 1. The molecule has 0 saturated carbocycles. The van der Waals surface area contributed by atoms with Gasteiger partial charge in [0.1, 0.15) is 6.04 Å². The Morgan fingerprint density at radius 3 is 3.00 bits per heavy atom. The van der Waals surface area contributed by atoms with Gasteiger partial charge in [0.05, 0.1) is 0 Å². The molecule has 1 aromatic rings. The zero-order chi connectivity index (χ0) is 12.7. The molecule has 0 spiro atoms. The molecule has 0 aliphatic rings. The molecule has 0 radical (unpaired) electrons. The van der Waals surface area contributed by atoms with E-state index in [2.05, 4.69) is 21.2 Å². The number of carboxylic acid groups (broad SMARTS) is 1. The number of amides is 1. The SMILES string of the molecule is O=CNC(CCSCc1sccc1Br)C(=O)O. The lowest BCUT2D eigenvalue weighted by atomic mass is 10.2. The van der Waals surface area contributed by atoms with Crippen molar-refractivity contribution in [1.29, 1.82) is 0 Å². The van der Waals surface area contributed by atoms with Crippen molar-refractivity contribution in [3.05, 3.63) is 20.8 Å². The summed E-state index contributed by atoms with van der Waals surface area (Å²) in [7, 11) is 0. The van der Waals surface area contributed by atoms with Crippen LogP contribution in [0.15, 0.2) is 15.9 Å². The monoisotopic (exact) mass is 337 g/mol. The van der Waals surface area contributed by atoms with E-state index in [1.165, 1.54) is 4.88 Å². The number of thiophene rings is 1. The van der Waals surface area contributed by atoms with Crippen LogP contribution in [0.1, 0.15) is 11.3 Å². The van der Waals surface area contributed by atoms with Gasteiger partial charge in [-0.1, -0.05) is 0 Å². The van der Waals surface area contributed by atoms with E-state index in [-0.39, 0.29) is 0 Å². The second-order valence-electron chi connectivity index (χ2n) is 3.21. The molecule has 0 aliphatic heterocycles. The third-order valence-electron chi connectivity index (χ3n) is 2.04. The van der Waals surface area contributed by atoms with E-state index in [1.807, 2.05) is 11.4 Å². The van der Waals surface area contributed by atoms with Crippen molar-refractivity contribution in [3.8, 4) is 0 Å². The molecule has 1 heterocycles. The Labute approximate surface area is 116 Å². The molecule has 17 heavy (non-hydrogen) atoms. The maximum atomic E-state index is 10.7. The molecule has 0 saturated heterocycles. The molecule has 94 valence electrons. The number of carbonyl (C=O) groups is 2. The zero-order valence-corrected chi connectivity index (χ0v) is 12.1. The highest BCUT2D eigenvalue weighted by Gasteiger charge is 2.15. The molecule has 1 atom stereocenters. The first-order valence-electron chi connectivity index (χ1n) is 4.87. The van der Waals surface area contributed by atoms with Crippen LogP contribution in [0.4, 0.5) is 0 Å². The summed E-state index contributed by atoms with van der Waals surface area (Å²) >= 11 is 6.77. The first-order chi connectivity index (χ1) is 8.15. The standard InChI is InChI=1S/C10H12BrNO3S2/c11-7-1-4-17-9(7)5-16-3-2-8(10(14)15)12-6-13/h1,4,6,8H,2-3,5H2,(H,12,13)(H,14,15). The molecule has 4 nitrogen and oxygen atoms in total. The molecule has 1 aromatic heterocycles. The molecule has 1 amide bonds. The zero-order valence-electron chi connectivity index (χ0n) is 8.89. The topological polar surface area (TPSA) is 66.4 Å². The van der Waals surface area contributed by atoms with Crippen LogP contribution >= 0.6 is 39.0 Å². The summed E-state index contributed by atoms with van der Waals surface area (Å²) in [6, 6.07) is 1.21. The number of carboxylic acids is 1. The van der Waals surface area contributed by atoms with E-state index in [0.29, 0.717) is 18.6 Å². The Morgan fingerprint density at radius 2 is 2.47 bits per heavy atom. The minimum Gasteiger partial charge on any atom is -0.480 e. The second kappa shape index (κ2) is 7.73. The van der Waals surface area contributed by atoms with Crippen LogP contribution in [0.25, 0.3) is 0 Å². The Balaban J connectivity index is 2.25. The molecule has 0 aromatic carbocycles. The van der Waals surface area contributed by atoms with Gasteiger partial charge in [-0.2, -0.15) is 11.8 Å². The van der Waals surface area contributed by atoms with E-state index < -0.39 is 12.0 Å². The second-order valence-corrected chi connectivity index (χ2v) is 6.17. The number of rotatable bonds is 8. The Morgan fingerprint density at radius 1 is 1.71 bits per heavy atom. The van der Waals surface area contributed by atoms with E-state index in [9.17, 15) is 9.59 Å². The van der Waals surface area contributed by atoms with Crippen molar-refractivity contribution < 1.29 is 14.7 Å². The smallest absolute Gasteiger partial charge is 0.326 e.